The second-order valence-corrected chi connectivity index (χ2v) is 4.73. The molecule has 1 aliphatic heterocycles. The molecule has 1 saturated heterocycles. The van der Waals surface area contributed by atoms with Gasteiger partial charge in [-0.2, -0.15) is 0 Å². The highest BCUT2D eigenvalue weighted by molar-refractivity contribution is 5.24. The van der Waals surface area contributed by atoms with E-state index in [1.807, 2.05) is 13.0 Å². The summed E-state index contributed by atoms with van der Waals surface area (Å²) in [5.41, 5.74) is 7.81. The van der Waals surface area contributed by atoms with Gasteiger partial charge in [-0.05, 0) is 32.4 Å². The summed E-state index contributed by atoms with van der Waals surface area (Å²) in [6, 6.07) is 5.53. The van der Waals surface area contributed by atoms with Crippen molar-refractivity contribution in [3.05, 3.63) is 35.1 Å². The number of halogens is 1. The van der Waals surface area contributed by atoms with Crippen LogP contribution in [0.15, 0.2) is 18.2 Å². The van der Waals surface area contributed by atoms with E-state index in [1.54, 1.807) is 12.1 Å². The first kappa shape index (κ1) is 11.6. The molecule has 16 heavy (non-hydrogen) atoms. The van der Waals surface area contributed by atoms with Crippen LogP contribution >= 0.6 is 0 Å². The number of piperidine rings is 1. The quantitative estimate of drug-likeness (QED) is 0.830. The number of likely N-dealkylation sites (tertiary alicyclic amines) is 1. The highest BCUT2D eigenvalue weighted by Crippen LogP contribution is 2.16. The van der Waals surface area contributed by atoms with Gasteiger partial charge in [-0.1, -0.05) is 17.7 Å². The van der Waals surface area contributed by atoms with Crippen LogP contribution in [0.25, 0.3) is 0 Å². The third-order valence-corrected chi connectivity index (χ3v) is 3.14. The predicted octanol–water partition coefficient (Wildman–Crippen LogP) is 2.06. The number of benzene rings is 1. The third kappa shape index (κ3) is 2.80. The highest BCUT2D eigenvalue weighted by atomic mass is 19.1. The van der Waals surface area contributed by atoms with E-state index in [4.69, 9.17) is 5.73 Å². The van der Waals surface area contributed by atoms with Crippen molar-refractivity contribution in [2.45, 2.75) is 32.4 Å². The molecule has 0 aliphatic carbocycles. The zero-order valence-corrected chi connectivity index (χ0v) is 9.75. The van der Waals surface area contributed by atoms with Gasteiger partial charge in [-0.15, -0.1) is 0 Å². The molecule has 2 nitrogen and oxygen atoms in total. The molecule has 1 atom stereocenters. The number of nitrogens with two attached hydrogens (primary N) is 1. The summed E-state index contributed by atoms with van der Waals surface area (Å²) in [4.78, 5) is 2.24. The SMILES string of the molecule is Cc1ccc(F)c(CN2CCCC(N)C2)c1. The lowest BCUT2D eigenvalue weighted by Gasteiger charge is -2.30. The van der Waals surface area contributed by atoms with Gasteiger partial charge in [0.25, 0.3) is 0 Å². The van der Waals surface area contributed by atoms with Gasteiger partial charge in [0, 0.05) is 24.7 Å². The summed E-state index contributed by atoms with van der Waals surface area (Å²) in [6.45, 7) is 4.58. The van der Waals surface area contributed by atoms with E-state index >= 15 is 0 Å². The molecular formula is C13H19FN2. The number of aryl methyl sites for hydroxylation is 1. The molecule has 88 valence electrons. The molecule has 0 bridgehead atoms. The van der Waals surface area contributed by atoms with Crippen LogP contribution in [0, 0.1) is 12.7 Å². The van der Waals surface area contributed by atoms with Gasteiger partial charge >= 0.3 is 0 Å². The average molecular weight is 222 g/mol. The van der Waals surface area contributed by atoms with Gasteiger partial charge in [0.05, 0.1) is 0 Å². The molecule has 0 saturated carbocycles. The maximum absolute atomic E-state index is 13.6. The Morgan fingerprint density at radius 2 is 2.31 bits per heavy atom. The van der Waals surface area contributed by atoms with Gasteiger partial charge in [0.2, 0.25) is 0 Å². The molecule has 1 aromatic rings. The Hall–Kier alpha value is -0.930. The first-order valence-corrected chi connectivity index (χ1v) is 5.88. The van der Waals surface area contributed by atoms with E-state index in [-0.39, 0.29) is 11.9 Å². The van der Waals surface area contributed by atoms with Gasteiger partial charge < -0.3 is 5.73 Å². The van der Waals surface area contributed by atoms with Crippen LogP contribution in [0.1, 0.15) is 24.0 Å². The van der Waals surface area contributed by atoms with Gasteiger partial charge in [0.15, 0.2) is 0 Å². The second-order valence-electron chi connectivity index (χ2n) is 4.73. The molecule has 0 spiro atoms. The minimum Gasteiger partial charge on any atom is -0.327 e. The number of nitrogens with zero attached hydrogens (tertiary/aromatic N) is 1. The van der Waals surface area contributed by atoms with Crippen molar-refractivity contribution < 1.29 is 4.39 Å². The zero-order valence-electron chi connectivity index (χ0n) is 9.75. The minimum absolute atomic E-state index is 0.107. The lowest BCUT2D eigenvalue weighted by atomic mass is 10.0. The molecule has 1 aliphatic rings. The summed E-state index contributed by atoms with van der Waals surface area (Å²) >= 11 is 0. The largest absolute Gasteiger partial charge is 0.327 e. The van der Waals surface area contributed by atoms with Crippen molar-refractivity contribution in [3.8, 4) is 0 Å². The number of rotatable bonds is 2. The van der Waals surface area contributed by atoms with Crippen LogP contribution in [0.5, 0.6) is 0 Å². The fourth-order valence-electron chi connectivity index (χ4n) is 2.30. The standard InChI is InChI=1S/C13H19FN2/c1-10-4-5-13(14)11(7-10)8-16-6-2-3-12(15)9-16/h4-5,7,12H,2-3,6,8-9,15H2,1H3. The van der Waals surface area contributed by atoms with Crippen molar-refractivity contribution in [1.29, 1.82) is 0 Å². The molecule has 0 radical (unpaired) electrons. The summed E-state index contributed by atoms with van der Waals surface area (Å²) < 4.78 is 13.6. The molecule has 2 N–H and O–H groups in total. The van der Waals surface area contributed by atoms with Gasteiger partial charge in [-0.3, -0.25) is 4.90 Å². The third-order valence-electron chi connectivity index (χ3n) is 3.14. The van der Waals surface area contributed by atoms with Crippen molar-refractivity contribution >= 4 is 0 Å². The maximum Gasteiger partial charge on any atom is 0.127 e. The molecule has 1 heterocycles. The molecule has 3 heteroatoms. The fourth-order valence-corrected chi connectivity index (χ4v) is 2.30. The Bertz CT molecular complexity index is 365. The first-order valence-electron chi connectivity index (χ1n) is 5.88. The van der Waals surface area contributed by atoms with E-state index in [9.17, 15) is 4.39 Å². The van der Waals surface area contributed by atoms with Crippen LogP contribution < -0.4 is 5.73 Å². The summed E-state index contributed by atoms with van der Waals surface area (Å²) in [5, 5.41) is 0. The monoisotopic (exact) mass is 222 g/mol. The summed E-state index contributed by atoms with van der Waals surface area (Å²) in [5.74, 6) is -0.107. The fraction of sp³-hybridized carbons (Fsp3) is 0.538. The highest BCUT2D eigenvalue weighted by Gasteiger charge is 2.17. The summed E-state index contributed by atoms with van der Waals surface area (Å²) in [6.07, 6.45) is 2.21. The lowest BCUT2D eigenvalue weighted by molar-refractivity contribution is 0.199. The van der Waals surface area contributed by atoms with E-state index in [0.717, 1.165) is 37.1 Å². The average Bonchev–Trinajstić information content (AvgIpc) is 2.24. The van der Waals surface area contributed by atoms with E-state index in [1.165, 1.54) is 0 Å². The molecule has 0 aromatic heterocycles. The molecule has 1 unspecified atom stereocenters. The van der Waals surface area contributed by atoms with Crippen molar-refractivity contribution in [3.63, 3.8) is 0 Å². The lowest BCUT2D eigenvalue weighted by Crippen LogP contribution is -2.42. The Kier molecular flexibility index (Phi) is 3.56. The number of hydrogen-bond donors (Lipinski definition) is 1. The van der Waals surface area contributed by atoms with Crippen molar-refractivity contribution in [2.24, 2.45) is 5.73 Å². The Balaban J connectivity index is 2.05. The van der Waals surface area contributed by atoms with Crippen LogP contribution in [0.4, 0.5) is 4.39 Å². The maximum atomic E-state index is 13.6. The van der Waals surface area contributed by atoms with Crippen molar-refractivity contribution in [2.75, 3.05) is 13.1 Å². The van der Waals surface area contributed by atoms with Crippen LogP contribution in [0.3, 0.4) is 0 Å². The number of hydrogen-bond acceptors (Lipinski definition) is 2. The molecule has 1 fully saturated rings. The van der Waals surface area contributed by atoms with Gasteiger partial charge in [-0.25, -0.2) is 4.39 Å². The van der Waals surface area contributed by atoms with Crippen LogP contribution in [-0.4, -0.2) is 24.0 Å². The minimum atomic E-state index is -0.107. The molecule has 0 amide bonds. The topological polar surface area (TPSA) is 29.3 Å². The Morgan fingerprint density at radius 1 is 1.50 bits per heavy atom. The predicted molar refractivity (Wildman–Crippen MR) is 63.6 cm³/mol. The second kappa shape index (κ2) is 4.93. The Labute approximate surface area is 96.2 Å². The molecular weight excluding hydrogens is 203 g/mol. The van der Waals surface area contributed by atoms with Crippen LogP contribution in [0.2, 0.25) is 0 Å². The first-order chi connectivity index (χ1) is 7.65. The molecule has 1 aromatic carbocycles. The van der Waals surface area contributed by atoms with Crippen molar-refractivity contribution in [1.82, 2.24) is 4.90 Å². The Morgan fingerprint density at radius 3 is 3.06 bits per heavy atom. The zero-order chi connectivity index (χ0) is 11.5. The smallest absolute Gasteiger partial charge is 0.127 e. The summed E-state index contributed by atoms with van der Waals surface area (Å²) in [7, 11) is 0. The molecule has 2 rings (SSSR count). The van der Waals surface area contributed by atoms with E-state index in [2.05, 4.69) is 4.90 Å². The van der Waals surface area contributed by atoms with Gasteiger partial charge in [0.1, 0.15) is 5.82 Å². The van der Waals surface area contributed by atoms with E-state index < -0.39 is 0 Å². The van der Waals surface area contributed by atoms with Crippen LogP contribution in [-0.2, 0) is 6.54 Å². The van der Waals surface area contributed by atoms with E-state index in [0.29, 0.717) is 6.54 Å². The normalized spacial score (nSPS) is 22.3.